The van der Waals surface area contributed by atoms with Crippen LogP contribution in [0, 0.1) is 5.92 Å². The molecule has 132 valence electrons. The predicted molar refractivity (Wildman–Crippen MR) is 102 cm³/mol. The molecule has 1 fully saturated rings. The molecule has 0 aromatic heterocycles. The van der Waals surface area contributed by atoms with Gasteiger partial charge in [-0.05, 0) is 54.7 Å². The summed E-state index contributed by atoms with van der Waals surface area (Å²) in [5.74, 6) is 1.28. The molecule has 0 N–H and O–H groups in total. The van der Waals surface area contributed by atoms with E-state index in [9.17, 15) is 4.79 Å². The number of nitrogens with zero attached hydrogens (tertiary/aromatic N) is 1. The van der Waals surface area contributed by atoms with Gasteiger partial charge in [0.1, 0.15) is 12.4 Å². The molecule has 1 aliphatic heterocycles. The molecule has 0 aliphatic carbocycles. The summed E-state index contributed by atoms with van der Waals surface area (Å²) in [4.78, 5) is 14.5. The Labute approximate surface area is 158 Å². The summed E-state index contributed by atoms with van der Waals surface area (Å²) in [5.41, 5.74) is 1.71. The highest BCUT2D eigenvalue weighted by Gasteiger charge is 2.21. The Morgan fingerprint density at radius 2 is 1.96 bits per heavy atom. The molecule has 3 nitrogen and oxygen atoms in total. The van der Waals surface area contributed by atoms with Gasteiger partial charge in [0.2, 0.25) is 0 Å². The van der Waals surface area contributed by atoms with Gasteiger partial charge in [-0.3, -0.25) is 4.79 Å². The number of rotatable bonds is 4. The highest BCUT2D eigenvalue weighted by Crippen LogP contribution is 2.28. The van der Waals surface area contributed by atoms with Crippen LogP contribution < -0.4 is 4.74 Å². The zero-order chi connectivity index (χ0) is 17.8. The van der Waals surface area contributed by atoms with Gasteiger partial charge in [-0.15, -0.1) is 0 Å². The Bertz CT molecular complexity index is 746. The molecule has 25 heavy (non-hydrogen) atoms. The van der Waals surface area contributed by atoms with Crippen LogP contribution in [0.5, 0.6) is 5.75 Å². The lowest BCUT2D eigenvalue weighted by molar-refractivity contribution is 0.0683. The Morgan fingerprint density at radius 1 is 1.20 bits per heavy atom. The topological polar surface area (TPSA) is 29.5 Å². The first-order valence-corrected chi connectivity index (χ1v) is 9.24. The van der Waals surface area contributed by atoms with Crippen molar-refractivity contribution in [1.29, 1.82) is 0 Å². The van der Waals surface area contributed by atoms with Gasteiger partial charge in [0.15, 0.2) is 0 Å². The lowest BCUT2D eigenvalue weighted by atomic mass is 9.99. The first-order chi connectivity index (χ1) is 12.0. The van der Waals surface area contributed by atoms with Crippen molar-refractivity contribution in [3.8, 4) is 5.75 Å². The molecule has 0 bridgehead atoms. The molecule has 0 spiro atoms. The van der Waals surface area contributed by atoms with E-state index in [0.29, 0.717) is 28.3 Å². The van der Waals surface area contributed by atoms with Crippen molar-refractivity contribution in [2.75, 3.05) is 13.1 Å². The Balaban J connectivity index is 1.61. The summed E-state index contributed by atoms with van der Waals surface area (Å²) in [7, 11) is 0. The number of carbonyl (C=O) groups is 1. The van der Waals surface area contributed by atoms with Crippen LogP contribution >= 0.6 is 23.2 Å². The molecule has 3 rings (SSSR count). The number of ether oxygens (including phenoxy) is 1. The van der Waals surface area contributed by atoms with Crippen molar-refractivity contribution in [2.45, 2.75) is 26.4 Å². The van der Waals surface area contributed by atoms with Crippen molar-refractivity contribution >= 4 is 29.1 Å². The Hall–Kier alpha value is -1.71. The van der Waals surface area contributed by atoms with Gasteiger partial charge >= 0.3 is 0 Å². The third kappa shape index (κ3) is 4.68. The maximum atomic E-state index is 12.6. The van der Waals surface area contributed by atoms with E-state index in [1.807, 2.05) is 29.2 Å². The summed E-state index contributed by atoms with van der Waals surface area (Å²) < 4.78 is 5.72. The molecule has 1 amide bonds. The van der Waals surface area contributed by atoms with Gasteiger partial charge < -0.3 is 9.64 Å². The number of hydrogen-bond donors (Lipinski definition) is 0. The fraction of sp³-hybridized carbons (Fsp3) is 0.350. The van der Waals surface area contributed by atoms with Crippen LogP contribution in [-0.4, -0.2) is 23.9 Å². The Morgan fingerprint density at radius 3 is 2.64 bits per heavy atom. The van der Waals surface area contributed by atoms with E-state index in [1.165, 1.54) is 6.42 Å². The lowest BCUT2D eigenvalue weighted by Crippen LogP contribution is -2.39. The maximum absolute atomic E-state index is 12.6. The largest absolute Gasteiger partial charge is 0.487 e. The van der Waals surface area contributed by atoms with Gasteiger partial charge in [-0.2, -0.15) is 0 Å². The number of halogens is 2. The second-order valence-corrected chi connectivity index (χ2v) is 7.40. The van der Waals surface area contributed by atoms with Crippen LogP contribution in [0.15, 0.2) is 42.5 Å². The highest BCUT2D eigenvalue weighted by atomic mass is 35.5. The first kappa shape index (κ1) is 18.1. The summed E-state index contributed by atoms with van der Waals surface area (Å²) in [6.07, 6.45) is 2.29. The van der Waals surface area contributed by atoms with Crippen LogP contribution in [-0.2, 0) is 6.61 Å². The van der Waals surface area contributed by atoms with E-state index in [-0.39, 0.29) is 5.91 Å². The van der Waals surface area contributed by atoms with Crippen LogP contribution in [0.1, 0.15) is 35.7 Å². The standard InChI is InChI=1S/C20H21Cl2NO2/c1-14-3-2-10-23(12-14)20(24)16-6-4-15(5-7-16)13-25-19-9-8-17(21)11-18(19)22/h4-9,11,14H,2-3,10,12-13H2,1H3/t14-/m1/s1. The van der Waals surface area contributed by atoms with Crippen LogP contribution in [0.3, 0.4) is 0 Å². The summed E-state index contributed by atoms with van der Waals surface area (Å²) in [5, 5.41) is 1.06. The van der Waals surface area contributed by atoms with Crippen molar-refractivity contribution in [3.63, 3.8) is 0 Å². The lowest BCUT2D eigenvalue weighted by Gasteiger charge is -2.31. The SMILES string of the molecule is C[C@@H]1CCCN(C(=O)c2ccc(COc3ccc(Cl)cc3Cl)cc2)C1. The second kappa shape index (κ2) is 8.11. The van der Waals surface area contributed by atoms with Gasteiger partial charge in [0.05, 0.1) is 5.02 Å². The van der Waals surface area contributed by atoms with Crippen molar-refractivity contribution in [3.05, 3.63) is 63.6 Å². The van der Waals surface area contributed by atoms with E-state index in [4.69, 9.17) is 27.9 Å². The van der Waals surface area contributed by atoms with Crippen LogP contribution in [0.4, 0.5) is 0 Å². The number of benzene rings is 2. The number of likely N-dealkylation sites (tertiary alicyclic amines) is 1. The maximum Gasteiger partial charge on any atom is 0.253 e. The minimum absolute atomic E-state index is 0.111. The van der Waals surface area contributed by atoms with E-state index < -0.39 is 0 Å². The third-order valence-corrected chi connectivity index (χ3v) is 4.96. The number of hydrogen-bond acceptors (Lipinski definition) is 2. The molecule has 1 heterocycles. The third-order valence-electron chi connectivity index (χ3n) is 4.43. The van der Waals surface area contributed by atoms with Crippen molar-refractivity contribution < 1.29 is 9.53 Å². The minimum Gasteiger partial charge on any atom is -0.487 e. The molecular formula is C20H21Cl2NO2. The van der Waals surface area contributed by atoms with E-state index in [1.54, 1.807) is 18.2 Å². The van der Waals surface area contributed by atoms with Crippen LogP contribution in [0.2, 0.25) is 10.0 Å². The molecule has 1 aliphatic rings. The molecule has 2 aromatic rings. The summed E-state index contributed by atoms with van der Waals surface area (Å²) in [6.45, 7) is 4.28. The van der Waals surface area contributed by atoms with Crippen molar-refractivity contribution in [1.82, 2.24) is 4.90 Å². The normalized spacial score (nSPS) is 17.4. The van der Waals surface area contributed by atoms with Crippen molar-refractivity contribution in [2.24, 2.45) is 5.92 Å². The van der Waals surface area contributed by atoms with Gasteiger partial charge in [-0.25, -0.2) is 0 Å². The fourth-order valence-electron chi connectivity index (χ4n) is 3.05. The number of piperidine rings is 1. The molecular weight excluding hydrogens is 357 g/mol. The quantitative estimate of drug-likeness (QED) is 0.709. The zero-order valence-electron chi connectivity index (χ0n) is 14.2. The molecule has 0 unspecified atom stereocenters. The van der Waals surface area contributed by atoms with E-state index in [0.717, 1.165) is 30.6 Å². The smallest absolute Gasteiger partial charge is 0.253 e. The monoisotopic (exact) mass is 377 g/mol. The van der Waals surface area contributed by atoms with Gasteiger partial charge in [0.25, 0.3) is 5.91 Å². The number of carbonyl (C=O) groups excluding carboxylic acids is 1. The predicted octanol–water partition coefficient (Wildman–Crippen LogP) is 5.44. The minimum atomic E-state index is 0.111. The fourth-order valence-corrected chi connectivity index (χ4v) is 3.52. The average molecular weight is 378 g/mol. The summed E-state index contributed by atoms with van der Waals surface area (Å²) >= 11 is 12.0. The molecule has 0 saturated carbocycles. The first-order valence-electron chi connectivity index (χ1n) is 8.49. The van der Waals surface area contributed by atoms with Gasteiger partial charge in [0, 0.05) is 23.7 Å². The van der Waals surface area contributed by atoms with Gasteiger partial charge in [-0.1, -0.05) is 42.3 Å². The molecule has 2 aromatic carbocycles. The number of amides is 1. The highest BCUT2D eigenvalue weighted by molar-refractivity contribution is 6.35. The molecule has 5 heteroatoms. The van der Waals surface area contributed by atoms with E-state index >= 15 is 0 Å². The molecule has 1 atom stereocenters. The second-order valence-electron chi connectivity index (χ2n) is 6.56. The average Bonchev–Trinajstić information content (AvgIpc) is 2.61. The molecule has 0 radical (unpaired) electrons. The Kier molecular flexibility index (Phi) is 5.87. The summed E-state index contributed by atoms with van der Waals surface area (Å²) in [6, 6.07) is 12.7. The molecule has 1 saturated heterocycles. The van der Waals surface area contributed by atoms with E-state index in [2.05, 4.69) is 6.92 Å². The van der Waals surface area contributed by atoms with Crippen LogP contribution in [0.25, 0.3) is 0 Å². The zero-order valence-corrected chi connectivity index (χ0v) is 15.7.